The van der Waals surface area contributed by atoms with E-state index < -0.39 is 0 Å². The minimum atomic E-state index is -0.187. The molecule has 1 amide bonds. The average molecular weight is 240 g/mol. The molecule has 2 aliphatic rings. The highest BCUT2D eigenvalue weighted by Crippen LogP contribution is 2.28. The Morgan fingerprint density at radius 3 is 2.47 bits per heavy atom. The van der Waals surface area contributed by atoms with Crippen molar-refractivity contribution in [1.29, 1.82) is 0 Å². The van der Waals surface area contributed by atoms with E-state index in [1.807, 2.05) is 0 Å². The van der Waals surface area contributed by atoms with Crippen LogP contribution < -0.4 is 10.6 Å². The van der Waals surface area contributed by atoms with Gasteiger partial charge in [0.25, 0.3) is 0 Å². The first-order valence-corrected chi connectivity index (χ1v) is 6.87. The maximum Gasteiger partial charge on any atom is 0.233 e. The smallest absolute Gasteiger partial charge is 0.233 e. The molecule has 0 saturated heterocycles. The van der Waals surface area contributed by atoms with Crippen LogP contribution in [0.25, 0.3) is 0 Å². The number of hydrogen-bond acceptors (Lipinski definition) is 3. The molecule has 0 aliphatic heterocycles. The Balaban J connectivity index is 1.64. The number of carbonyl (C=O) groups excluding carboxylic acids is 1. The highest BCUT2D eigenvalue weighted by atomic mass is 16.3. The van der Waals surface area contributed by atoms with Crippen LogP contribution in [0, 0.1) is 5.92 Å². The van der Waals surface area contributed by atoms with Crippen LogP contribution in [0.2, 0.25) is 0 Å². The number of hydrogen-bond donors (Lipinski definition) is 3. The molecule has 0 aromatic carbocycles. The molecule has 2 aliphatic carbocycles. The van der Waals surface area contributed by atoms with Gasteiger partial charge in [0.1, 0.15) is 0 Å². The van der Waals surface area contributed by atoms with E-state index in [2.05, 4.69) is 10.6 Å². The van der Waals surface area contributed by atoms with E-state index in [1.165, 1.54) is 19.3 Å². The first-order chi connectivity index (χ1) is 8.24. The van der Waals surface area contributed by atoms with E-state index in [0.717, 1.165) is 32.2 Å². The fourth-order valence-electron chi connectivity index (χ4n) is 2.73. The summed E-state index contributed by atoms with van der Waals surface area (Å²) in [5.41, 5.74) is -0.187. The fraction of sp³-hybridized carbons (Fsp3) is 0.923. The lowest BCUT2D eigenvalue weighted by molar-refractivity contribution is -0.121. The van der Waals surface area contributed by atoms with Crippen LogP contribution in [0.4, 0.5) is 0 Å². The van der Waals surface area contributed by atoms with Gasteiger partial charge in [0.05, 0.1) is 13.2 Å². The number of aliphatic hydroxyl groups is 1. The highest BCUT2D eigenvalue weighted by molar-refractivity contribution is 5.78. The van der Waals surface area contributed by atoms with Crippen molar-refractivity contribution in [2.45, 2.75) is 50.5 Å². The zero-order chi connectivity index (χ0) is 12.1. The van der Waals surface area contributed by atoms with E-state index >= 15 is 0 Å². The van der Waals surface area contributed by atoms with E-state index in [9.17, 15) is 9.90 Å². The Hall–Kier alpha value is -0.610. The summed E-state index contributed by atoms with van der Waals surface area (Å²) in [4.78, 5) is 11.6. The molecule has 0 spiro atoms. The van der Waals surface area contributed by atoms with Gasteiger partial charge in [-0.1, -0.05) is 19.3 Å². The van der Waals surface area contributed by atoms with Gasteiger partial charge in [0.15, 0.2) is 0 Å². The van der Waals surface area contributed by atoms with Crippen molar-refractivity contribution in [3.8, 4) is 0 Å². The van der Waals surface area contributed by atoms with Crippen molar-refractivity contribution in [1.82, 2.24) is 10.6 Å². The average Bonchev–Trinajstić information content (AvgIpc) is 2.74. The van der Waals surface area contributed by atoms with Crippen molar-refractivity contribution in [2.75, 3.05) is 19.7 Å². The Kier molecular flexibility index (Phi) is 4.40. The summed E-state index contributed by atoms with van der Waals surface area (Å²) < 4.78 is 0. The molecule has 2 saturated carbocycles. The van der Waals surface area contributed by atoms with Crippen LogP contribution in [-0.2, 0) is 4.79 Å². The van der Waals surface area contributed by atoms with Crippen LogP contribution in [0.15, 0.2) is 0 Å². The largest absolute Gasteiger partial charge is 0.394 e. The Morgan fingerprint density at radius 1 is 1.24 bits per heavy atom. The van der Waals surface area contributed by atoms with Crippen molar-refractivity contribution in [3.05, 3.63) is 0 Å². The molecule has 4 heteroatoms. The zero-order valence-corrected chi connectivity index (χ0v) is 10.5. The van der Waals surface area contributed by atoms with E-state index in [0.29, 0.717) is 12.5 Å². The van der Waals surface area contributed by atoms with Crippen LogP contribution >= 0.6 is 0 Å². The van der Waals surface area contributed by atoms with Crippen LogP contribution in [0.1, 0.15) is 44.9 Å². The van der Waals surface area contributed by atoms with Gasteiger partial charge in [-0.3, -0.25) is 4.79 Å². The molecule has 3 N–H and O–H groups in total. The first kappa shape index (κ1) is 12.8. The maximum absolute atomic E-state index is 11.6. The maximum atomic E-state index is 11.6. The second-order valence-corrected chi connectivity index (χ2v) is 5.60. The van der Waals surface area contributed by atoms with Crippen LogP contribution in [0.3, 0.4) is 0 Å². The van der Waals surface area contributed by atoms with Gasteiger partial charge >= 0.3 is 0 Å². The second-order valence-electron chi connectivity index (χ2n) is 5.60. The van der Waals surface area contributed by atoms with E-state index in [1.54, 1.807) is 0 Å². The molecule has 0 bridgehead atoms. The van der Waals surface area contributed by atoms with Gasteiger partial charge in [-0.2, -0.15) is 0 Å². The lowest BCUT2D eigenvalue weighted by Crippen LogP contribution is -2.50. The minimum absolute atomic E-state index is 0.0663. The third-order valence-electron chi connectivity index (χ3n) is 4.30. The lowest BCUT2D eigenvalue weighted by Gasteiger charge is -2.28. The van der Waals surface area contributed by atoms with Crippen LogP contribution in [-0.4, -0.2) is 36.2 Å². The van der Waals surface area contributed by atoms with E-state index in [-0.39, 0.29) is 18.1 Å². The van der Waals surface area contributed by atoms with Crippen LogP contribution in [0.5, 0.6) is 0 Å². The zero-order valence-electron chi connectivity index (χ0n) is 10.5. The summed E-state index contributed by atoms with van der Waals surface area (Å²) in [6, 6.07) is 0. The molecule has 17 heavy (non-hydrogen) atoms. The number of nitrogens with one attached hydrogen (secondary N) is 2. The number of carbonyl (C=O) groups is 1. The van der Waals surface area contributed by atoms with Gasteiger partial charge in [-0.05, 0) is 31.6 Å². The summed E-state index contributed by atoms with van der Waals surface area (Å²) in [6.07, 6.45) is 8.10. The van der Waals surface area contributed by atoms with Crippen molar-refractivity contribution in [3.63, 3.8) is 0 Å². The van der Waals surface area contributed by atoms with Gasteiger partial charge in [-0.15, -0.1) is 0 Å². The molecular weight excluding hydrogens is 216 g/mol. The summed E-state index contributed by atoms with van der Waals surface area (Å²) in [5, 5.41) is 15.6. The molecule has 0 aromatic heterocycles. The minimum Gasteiger partial charge on any atom is -0.394 e. The number of aliphatic hydroxyl groups excluding tert-OH is 1. The van der Waals surface area contributed by atoms with Gasteiger partial charge in [-0.25, -0.2) is 0 Å². The number of amides is 1. The molecule has 0 heterocycles. The molecule has 2 fully saturated rings. The second kappa shape index (κ2) is 5.83. The van der Waals surface area contributed by atoms with Crippen molar-refractivity contribution < 1.29 is 9.90 Å². The predicted molar refractivity (Wildman–Crippen MR) is 66.6 cm³/mol. The molecule has 0 radical (unpaired) electrons. The molecule has 0 aromatic rings. The first-order valence-electron chi connectivity index (χ1n) is 6.87. The topological polar surface area (TPSA) is 61.4 Å². The standard InChI is InChI=1S/C13H24N2O2/c16-10-13(6-1-2-7-13)15-9-12(17)14-8-11-4-3-5-11/h11,15-16H,1-10H2,(H,14,17). The molecule has 4 nitrogen and oxygen atoms in total. The molecule has 0 unspecified atom stereocenters. The van der Waals surface area contributed by atoms with Crippen molar-refractivity contribution >= 4 is 5.91 Å². The monoisotopic (exact) mass is 240 g/mol. The normalized spacial score (nSPS) is 23.4. The summed E-state index contributed by atoms with van der Waals surface area (Å²) in [6.45, 7) is 1.31. The third-order valence-corrected chi connectivity index (χ3v) is 4.30. The van der Waals surface area contributed by atoms with Gasteiger partial charge < -0.3 is 15.7 Å². The highest BCUT2D eigenvalue weighted by Gasteiger charge is 2.32. The van der Waals surface area contributed by atoms with Gasteiger partial charge in [0, 0.05) is 12.1 Å². The Bertz CT molecular complexity index is 258. The number of rotatable bonds is 6. The fourth-order valence-corrected chi connectivity index (χ4v) is 2.73. The predicted octanol–water partition coefficient (Wildman–Crippen LogP) is 0.797. The lowest BCUT2D eigenvalue weighted by atomic mass is 9.85. The molecule has 0 atom stereocenters. The van der Waals surface area contributed by atoms with Crippen molar-refractivity contribution in [2.24, 2.45) is 5.92 Å². The summed E-state index contributed by atoms with van der Waals surface area (Å²) >= 11 is 0. The SMILES string of the molecule is O=C(CNC1(CO)CCCC1)NCC1CCC1. The Morgan fingerprint density at radius 2 is 1.94 bits per heavy atom. The molecule has 2 rings (SSSR count). The molecule has 98 valence electrons. The summed E-state index contributed by atoms with van der Waals surface area (Å²) in [7, 11) is 0. The third kappa shape index (κ3) is 3.42. The van der Waals surface area contributed by atoms with Gasteiger partial charge in [0.2, 0.25) is 5.91 Å². The quantitative estimate of drug-likeness (QED) is 0.643. The molecular formula is C13H24N2O2. The van der Waals surface area contributed by atoms with E-state index in [4.69, 9.17) is 0 Å². The summed E-state index contributed by atoms with van der Waals surface area (Å²) in [5.74, 6) is 0.772. The Labute approximate surface area is 103 Å².